The number of sulfonamides is 1. The van der Waals surface area contributed by atoms with E-state index in [9.17, 15) is 13.2 Å². The van der Waals surface area contributed by atoms with Crippen molar-refractivity contribution in [2.45, 2.75) is 25.6 Å². The highest BCUT2D eigenvalue weighted by Crippen LogP contribution is 2.26. The van der Waals surface area contributed by atoms with E-state index in [0.717, 1.165) is 21.7 Å². The molecule has 0 radical (unpaired) electrons. The van der Waals surface area contributed by atoms with Gasteiger partial charge >= 0.3 is 5.97 Å². The Morgan fingerprint density at radius 2 is 1.93 bits per heavy atom. The van der Waals surface area contributed by atoms with Crippen molar-refractivity contribution < 1.29 is 17.9 Å². The first-order chi connectivity index (χ1) is 13.1. The Labute approximate surface area is 163 Å². The third-order valence-electron chi connectivity index (χ3n) is 4.33. The van der Waals surface area contributed by atoms with Crippen molar-refractivity contribution in [3.63, 3.8) is 0 Å². The second kappa shape index (κ2) is 7.68. The van der Waals surface area contributed by atoms with Crippen LogP contribution in [0.5, 0.6) is 0 Å². The van der Waals surface area contributed by atoms with Crippen LogP contribution in [-0.2, 0) is 39.1 Å². The number of carbonyl (C=O) groups excluding carboxylic acids is 1. The molecule has 1 aromatic heterocycles. The van der Waals surface area contributed by atoms with Gasteiger partial charge in [-0.1, -0.05) is 24.3 Å². The van der Waals surface area contributed by atoms with E-state index in [1.54, 1.807) is 19.0 Å². The summed E-state index contributed by atoms with van der Waals surface area (Å²) >= 11 is 0. The lowest BCUT2D eigenvalue weighted by molar-refractivity contribution is -0.150. The van der Waals surface area contributed by atoms with Crippen LogP contribution in [0.4, 0.5) is 11.9 Å². The van der Waals surface area contributed by atoms with Crippen LogP contribution in [0.15, 0.2) is 24.3 Å². The van der Waals surface area contributed by atoms with Crippen molar-refractivity contribution in [1.29, 1.82) is 0 Å². The first-order valence-corrected chi connectivity index (χ1v) is 10.4. The number of nitrogens with two attached hydrogens (primary N) is 1. The molecule has 1 aliphatic heterocycles. The monoisotopic (exact) mass is 406 g/mol. The Morgan fingerprint density at radius 1 is 1.25 bits per heavy atom. The summed E-state index contributed by atoms with van der Waals surface area (Å²) in [5, 5.41) is 0. The number of rotatable bonds is 5. The number of anilines is 2. The second-order valence-electron chi connectivity index (χ2n) is 6.71. The maximum atomic E-state index is 12.7. The smallest absolute Gasteiger partial charge is 0.325 e. The fraction of sp³-hybridized carbons (Fsp3) is 0.412. The van der Waals surface area contributed by atoms with Crippen molar-refractivity contribution in [3.8, 4) is 0 Å². The number of carbonyl (C=O) groups is 1. The van der Waals surface area contributed by atoms with Crippen molar-refractivity contribution in [2.75, 3.05) is 31.0 Å². The Hall–Kier alpha value is -2.79. The van der Waals surface area contributed by atoms with Crippen LogP contribution in [0.3, 0.4) is 0 Å². The van der Waals surface area contributed by atoms with Gasteiger partial charge in [0.1, 0.15) is 6.04 Å². The van der Waals surface area contributed by atoms with Gasteiger partial charge in [-0.25, -0.2) is 8.42 Å². The molecule has 1 aliphatic rings. The fourth-order valence-corrected chi connectivity index (χ4v) is 3.97. The molecule has 150 valence electrons. The average Bonchev–Trinajstić information content (AvgIpc) is 2.63. The zero-order chi connectivity index (χ0) is 20.5. The minimum Gasteiger partial charge on any atom is -0.456 e. The van der Waals surface area contributed by atoms with Gasteiger partial charge in [0, 0.05) is 27.1 Å². The zero-order valence-electron chi connectivity index (χ0n) is 15.9. The summed E-state index contributed by atoms with van der Waals surface area (Å²) in [6.45, 7) is -0.111. The molecule has 0 spiro atoms. The lowest BCUT2D eigenvalue weighted by Gasteiger charge is -2.33. The Bertz CT molecular complexity index is 995. The minimum atomic E-state index is -3.61. The summed E-state index contributed by atoms with van der Waals surface area (Å²) in [4.78, 5) is 26.4. The average molecular weight is 406 g/mol. The molecule has 1 aromatic carbocycles. The van der Waals surface area contributed by atoms with Gasteiger partial charge in [0.05, 0.1) is 6.26 Å². The second-order valence-corrected chi connectivity index (χ2v) is 8.64. The summed E-state index contributed by atoms with van der Waals surface area (Å²) in [6.07, 6.45) is 1.32. The van der Waals surface area contributed by atoms with Crippen molar-refractivity contribution in [1.82, 2.24) is 19.3 Å². The molecular weight excluding hydrogens is 384 g/mol. The van der Waals surface area contributed by atoms with Crippen molar-refractivity contribution >= 4 is 27.9 Å². The third kappa shape index (κ3) is 4.37. The third-order valence-corrected chi connectivity index (χ3v) is 5.57. The maximum absolute atomic E-state index is 12.7. The Balaban J connectivity index is 1.79. The van der Waals surface area contributed by atoms with E-state index in [1.807, 2.05) is 24.3 Å². The van der Waals surface area contributed by atoms with Crippen LogP contribution < -0.4 is 10.6 Å². The molecule has 0 amide bonds. The predicted octanol–water partition coefficient (Wildman–Crippen LogP) is -0.0505. The molecule has 2 aromatic rings. The molecule has 0 aliphatic carbocycles. The highest BCUT2D eigenvalue weighted by atomic mass is 32.2. The number of hydrogen-bond donors (Lipinski definition) is 1. The zero-order valence-corrected chi connectivity index (χ0v) is 16.7. The van der Waals surface area contributed by atoms with Crippen LogP contribution in [0, 0.1) is 0 Å². The number of aromatic nitrogens is 3. The molecule has 11 heteroatoms. The van der Waals surface area contributed by atoms with E-state index in [1.165, 1.54) is 0 Å². The lowest BCUT2D eigenvalue weighted by atomic mass is 9.96. The summed E-state index contributed by atoms with van der Waals surface area (Å²) in [7, 11) is -0.118. The van der Waals surface area contributed by atoms with Crippen molar-refractivity contribution in [2.24, 2.45) is 0 Å². The largest absolute Gasteiger partial charge is 0.456 e. The van der Waals surface area contributed by atoms with Crippen LogP contribution in [0.1, 0.15) is 17.0 Å². The standard InChI is InChI=1S/C17H22N6O4S/c1-22(2)17-20-14(19-16(18)21-17)10-27-15(24)13-8-11-6-4-5-7-12(11)9-23(13)28(3,25)26/h4-7,13H,8-10H2,1-3H3,(H2,18,19,20,21)/t13-/m0/s1. The number of fused-ring (bicyclic) bond motifs is 1. The topological polar surface area (TPSA) is 132 Å². The molecule has 0 bridgehead atoms. The maximum Gasteiger partial charge on any atom is 0.325 e. The molecule has 28 heavy (non-hydrogen) atoms. The van der Waals surface area contributed by atoms with Gasteiger partial charge in [-0.2, -0.15) is 19.3 Å². The number of nitrogen functional groups attached to an aromatic ring is 1. The van der Waals surface area contributed by atoms with Crippen LogP contribution >= 0.6 is 0 Å². The number of hydrogen-bond acceptors (Lipinski definition) is 9. The van der Waals surface area contributed by atoms with Gasteiger partial charge in [-0.05, 0) is 11.1 Å². The van der Waals surface area contributed by atoms with Crippen LogP contribution in [0.25, 0.3) is 0 Å². The van der Waals surface area contributed by atoms with E-state index in [4.69, 9.17) is 10.5 Å². The fourth-order valence-electron chi connectivity index (χ4n) is 2.97. The summed E-state index contributed by atoms with van der Waals surface area (Å²) < 4.78 is 30.9. The van der Waals surface area contributed by atoms with Gasteiger partial charge in [0.2, 0.25) is 21.9 Å². The quantitative estimate of drug-likeness (QED) is 0.679. The van der Waals surface area contributed by atoms with E-state index in [2.05, 4.69) is 15.0 Å². The summed E-state index contributed by atoms with van der Waals surface area (Å²) in [6, 6.07) is 6.48. The van der Waals surface area contributed by atoms with E-state index >= 15 is 0 Å². The van der Waals surface area contributed by atoms with E-state index in [-0.39, 0.29) is 31.3 Å². The Morgan fingerprint density at radius 3 is 2.57 bits per heavy atom. The molecule has 0 saturated carbocycles. The SMILES string of the molecule is CN(C)c1nc(N)nc(COC(=O)[C@@H]2Cc3ccccc3CN2S(C)(=O)=O)n1. The number of esters is 1. The highest BCUT2D eigenvalue weighted by Gasteiger charge is 2.37. The van der Waals surface area contributed by atoms with Crippen molar-refractivity contribution in [3.05, 3.63) is 41.2 Å². The molecule has 0 fully saturated rings. The van der Waals surface area contributed by atoms with Gasteiger partial charge in [-0.15, -0.1) is 0 Å². The summed E-state index contributed by atoms with van der Waals surface area (Å²) in [5.74, 6) is -0.131. The van der Waals surface area contributed by atoms with E-state index < -0.39 is 22.0 Å². The number of benzene rings is 1. The molecule has 0 saturated heterocycles. The molecule has 2 N–H and O–H groups in total. The molecule has 0 unspecified atom stereocenters. The van der Waals surface area contributed by atoms with Gasteiger partial charge in [-0.3, -0.25) is 4.79 Å². The molecule has 1 atom stereocenters. The van der Waals surface area contributed by atoms with Crippen LogP contribution in [0.2, 0.25) is 0 Å². The number of ether oxygens (including phenoxy) is 1. The molecule has 3 rings (SSSR count). The minimum absolute atomic E-state index is 0.00843. The molecule has 2 heterocycles. The van der Waals surface area contributed by atoms with Gasteiger partial charge in [0.15, 0.2) is 12.4 Å². The summed E-state index contributed by atoms with van der Waals surface area (Å²) in [5.41, 5.74) is 7.45. The predicted molar refractivity (Wildman–Crippen MR) is 103 cm³/mol. The number of nitrogens with zero attached hydrogens (tertiary/aromatic N) is 5. The van der Waals surface area contributed by atoms with E-state index in [0.29, 0.717) is 5.95 Å². The Kier molecular flexibility index (Phi) is 5.47. The first kappa shape index (κ1) is 20.0. The lowest BCUT2D eigenvalue weighted by Crippen LogP contribution is -2.48. The van der Waals surface area contributed by atoms with Gasteiger partial charge in [0.25, 0.3) is 0 Å². The highest BCUT2D eigenvalue weighted by molar-refractivity contribution is 7.88. The normalized spacial score (nSPS) is 17.0. The van der Waals surface area contributed by atoms with Gasteiger partial charge < -0.3 is 15.4 Å². The molecular formula is C17H22N6O4S. The van der Waals surface area contributed by atoms with Crippen LogP contribution in [-0.4, -0.2) is 60.0 Å². The molecule has 10 nitrogen and oxygen atoms in total. The first-order valence-electron chi connectivity index (χ1n) is 8.53.